The smallest absolute Gasteiger partial charge is 0.246 e. The standard InChI is InChI=1S/C24H18N2OS2.ClHO4/c1-27-21-11-5-3-9-18(21)25-20-14-16(28-22-12-6-2-8-17(20)22)15-24-26-19-10-4-7-13-23(19)29-24;2-1(3,4)5/h2-15,26H,1H3;(H,2,3,4,5)/b24-15-,25-20?;. The molecular weight excluding hydrogens is 496 g/mol. The van der Waals surface area contributed by atoms with Gasteiger partial charge in [-0.15, -0.1) is 21.6 Å². The van der Waals surface area contributed by atoms with E-state index in [1.54, 1.807) is 30.2 Å². The molecule has 0 saturated carbocycles. The minimum absolute atomic E-state index is 0.826. The number of methoxy groups -OCH3 is 1. The molecule has 0 radical (unpaired) electrons. The molecule has 1 aliphatic heterocycles. The van der Waals surface area contributed by atoms with E-state index in [-0.39, 0.29) is 0 Å². The fraction of sp³-hybridized carbons (Fsp3) is 0.0417. The Morgan fingerprint density at radius 2 is 1.59 bits per heavy atom. The van der Waals surface area contributed by atoms with Crippen molar-refractivity contribution in [2.45, 2.75) is 4.90 Å². The topological polar surface area (TPSA) is 127 Å². The lowest BCUT2D eigenvalue weighted by Gasteiger charge is -2.17. The van der Waals surface area contributed by atoms with Crippen molar-refractivity contribution in [3.63, 3.8) is 0 Å². The molecule has 34 heavy (non-hydrogen) atoms. The highest BCUT2D eigenvalue weighted by molar-refractivity contribution is 8.03. The van der Waals surface area contributed by atoms with Gasteiger partial charge in [0.25, 0.3) is 0 Å². The molecule has 0 spiro atoms. The molecule has 0 bridgehead atoms. The minimum Gasteiger partial charge on any atom is -0.490 e. The van der Waals surface area contributed by atoms with Crippen LogP contribution in [0.1, 0.15) is 4.88 Å². The fourth-order valence-corrected chi connectivity index (χ4v) is 5.43. The summed E-state index contributed by atoms with van der Waals surface area (Å²) in [5, 5.41) is 6.91. The first-order chi connectivity index (χ1) is 16.3. The number of anilines is 1. The first-order valence-corrected chi connectivity index (χ1v) is 12.8. The van der Waals surface area contributed by atoms with E-state index >= 15 is 0 Å². The van der Waals surface area contributed by atoms with Crippen LogP contribution in [-0.4, -0.2) is 7.11 Å². The van der Waals surface area contributed by atoms with Gasteiger partial charge in [0.2, 0.25) is 11.0 Å². The minimum atomic E-state index is -4.94. The van der Waals surface area contributed by atoms with Crippen LogP contribution in [0.2, 0.25) is 0 Å². The second-order valence-corrected chi connectivity index (χ2v) is 9.95. The summed E-state index contributed by atoms with van der Waals surface area (Å²) in [5.41, 5.74) is 2.12. The summed E-state index contributed by atoms with van der Waals surface area (Å²) in [6, 6.07) is 27.1. The van der Waals surface area contributed by atoms with Crippen LogP contribution in [-0.2, 0) is 0 Å². The number of halogens is 1. The number of benzene rings is 3. The number of thioether (sulfide) groups is 1. The molecule has 0 atom stereocenters. The quantitative estimate of drug-likeness (QED) is 0.393. The van der Waals surface area contributed by atoms with Crippen LogP contribution in [0.3, 0.4) is 0 Å². The number of para-hydroxylation sites is 3. The average Bonchev–Trinajstić information content (AvgIpc) is 3.20. The lowest BCUT2D eigenvalue weighted by Crippen LogP contribution is -2.70. The zero-order valence-corrected chi connectivity index (χ0v) is 20.2. The van der Waals surface area contributed by atoms with E-state index in [0.717, 1.165) is 21.8 Å². The van der Waals surface area contributed by atoms with E-state index in [1.165, 1.54) is 25.5 Å². The van der Waals surface area contributed by atoms with Crippen LogP contribution in [0.25, 0.3) is 16.2 Å². The molecule has 3 aromatic carbocycles. The Labute approximate surface area is 206 Å². The highest BCUT2D eigenvalue weighted by Crippen LogP contribution is 2.41. The summed E-state index contributed by atoms with van der Waals surface area (Å²) in [6.45, 7) is 0. The molecule has 174 valence electrons. The molecule has 2 heterocycles. The first-order valence-electron chi connectivity index (χ1n) is 9.93. The zero-order chi connectivity index (χ0) is 24.1. The second-order valence-electron chi connectivity index (χ2n) is 6.99. The lowest BCUT2D eigenvalue weighted by atomic mass is 10.2. The number of nitrogens with one attached hydrogen (secondary N) is 2. The van der Waals surface area contributed by atoms with Gasteiger partial charge in [0.05, 0.1) is 23.2 Å². The SMILES string of the molecule is COc1ccccc1[NH+]=c1cc(/C=C2/Nc3ccccc3S2)sc2ccccc12.[O-][Cl+3]([O-])([O-])[O-]. The zero-order valence-electron chi connectivity index (χ0n) is 17.8. The summed E-state index contributed by atoms with van der Waals surface area (Å²) in [4.78, 5) is 6.02. The Morgan fingerprint density at radius 1 is 0.912 bits per heavy atom. The third kappa shape index (κ3) is 6.37. The largest absolute Gasteiger partial charge is 0.490 e. The number of fused-ring (bicyclic) bond motifs is 2. The van der Waals surface area contributed by atoms with Crippen LogP contribution in [0, 0.1) is 10.2 Å². The number of rotatable bonds is 3. The summed E-state index contributed by atoms with van der Waals surface area (Å²) in [6.07, 6.45) is 2.22. The summed E-state index contributed by atoms with van der Waals surface area (Å²) in [5.74, 6) is 0.826. The lowest BCUT2D eigenvalue weighted by molar-refractivity contribution is -2.00. The van der Waals surface area contributed by atoms with Gasteiger partial charge in [-0.1, -0.05) is 48.2 Å². The highest BCUT2D eigenvalue weighted by Gasteiger charge is 2.15. The van der Waals surface area contributed by atoms with E-state index in [1.807, 2.05) is 24.3 Å². The molecule has 0 amide bonds. The molecule has 5 rings (SSSR count). The van der Waals surface area contributed by atoms with Crippen molar-refractivity contribution in [3.8, 4) is 5.75 Å². The predicted molar refractivity (Wildman–Crippen MR) is 122 cm³/mol. The maximum atomic E-state index is 8.49. The first kappa shape index (κ1) is 24.2. The van der Waals surface area contributed by atoms with Gasteiger partial charge in [-0.25, -0.2) is 23.6 Å². The molecule has 2 N–H and O–H groups in total. The maximum Gasteiger partial charge on any atom is 0.246 e. The van der Waals surface area contributed by atoms with Gasteiger partial charge in [-0.3, -0.25) is 0 Å². The Morgan fingerprint density at radius 3 is 2.35 bits per heavy atom. The van der Waals surface area contributed by atoms with E-state index in [9.17, 15) is 0 Å². The van der Waals surface area contributed by atoms with E-state index in [0.29, 0.717) is 0 Å². The predicted octanol–water partition coefficient (Wildman–Crippen LogP) is -0.0169. The molecule has 0 aliphatic carbocycles. The van der Waals surface area contributed by atoms with Crippen molar-refractivity contribution in [2.75, 3.05) is 12.4 Å². The normalized spacial score (nSPS) is 14.4. The van der Waals surface area contributed by atoms with Gasteiger partial charge in [0.1, 0.15) is 0 Å². The van der Waals surface area contributed by atoms with E-state index in [4.69, 9.17) is 23.4 Å². The number of hydrogen-bond acceptors (Lipinski definition) is 8. The molecule has 4 aromatic rings. The van der Waals surface area contributed by atoms with Crippen LogP contribution < -0.4 is 39.0 Å². The number of ether oxygens (including phenoxy) is 1. The third-order valence-corrected chi connectivity index (χ3v) is 6.77. The van der Waals surface area contributed by atoms with Crippen molar-refractivity contribution in [1.29, 1.82) is 0 Å². The third-order valence-electron chi connectivity index (χ3n) is 4.71. The molecule has 1 aliphatic rings. The molecule has 7 nitrogen and oxygen atoms in total. The number of hydrogen-bond donors (Lipinski definition) is 2. The van der Waals surface area contributed by atoms with Crippen molar-refractivity contribution in [3.05, 3.63) is 94.1 Å². The molecular formula is C24H19ClN2O5S2. The van der Waals surface area contributed by atoms with Crippen molar-refractivity contribution < 1.29 is 38.6 Å². The average molecular weight is 515 g/mol. The van der Waals surface area contributed by atoms with Gasteiger partial charge in [-0.2, -0.15) is 0 Å². The van der Waals surface area contributed by atoms with Gasteiger partial charge >= 0.3 is 0 Å². The second kappa shape index (κ2) is 10.6. The Hall–Kier alpha value is -2.89. The molecule has 0 unspecified atom stereocenters. The van der Waals surface area contributed by atoms with Crippen LogP contribution in [0.5, 0.6) is 5.75 Å². The van der Waals surface area contributed by atoms with Gasteiger partial charge in [0.15, 0.2) is 5.75 Å². The van der Waals surface area contributed by atoms with Crippen molar-refractivity contribution >= 4 is 50.6 Å². The van der Waals surface area contributed by atoms with E-state index in [2.05, 4.69) is 71.0 Å². The maximum absolute atomic E-state index is 8.49. The summed E-state index contributed by atoms with van der Waals surface area (Å²) >= 11 is 3.55. The van der Waals surface area contributed by atoms with Gasteiger partial charge in [0, 0.05) is 26.6 Å². The van der Waals surface area contributed by atoms with Gasteiger partial charge < -0.3 is 10.1 Å². The Kier molecular flexibility index (Phi) is 7.54. The van der Waals surface area contributed by atoms with Crippen LogP contribution >= 0.6 is 23.1 Å². The Bertz CT molecular complexity index is 1380. The molecule has 0 fully saturated rings. The molecule has 0 saturated heterocycles. The monoisotopic (exact) mass is 514 g/mol. The van der Waals surface area contributed by atoms with Crippen LogP contribution in [0.15, 0.2) is 88.8 Å². The molecule has 10 heteroatoms. The van der Waals surface area contributed by atoms with E-state index < -0.39 is 10.2 Å². The summed E-state index contributed by atoms with van der Waals surface area (Å²) < 4.78 is 40.7. The van der Waals surface area contributed by atoms with Gasteiger partial charge in [-0.05, 0) is 36.4 Å². The van der Waals surface area contributed by atoms with Crippen LogP contribution in [0.4, 0.5) is 11.4 Å². The van der Waals surface area contributed by atoms with Crippen molar-refractivity contribution in [2.24, 2.45) is 0 Å². The highest BCUT2D eigenvalue weighted by atomic mass is 35.7. The fourth-order valence-electron chi connectivity index (χ4n) is 3.35. The van der Waals surface area contributed by atoms with Crippen molar-refractivity contribution in [1.82, 2.24) is 0 Å². The Balaban J connectivity index is 0.000000499. The summed E-state index contributed by atoms with van der Waals surface area (Å²) in [7, 11) is -3.25. The molecule has 1 aromatic heterocycles.